The zero-order chi connectivity index (χ0) is 17.0. The molecule has 2 aromatic rings. The van der Waals surface area contributed by atoms with E-state index in [9.17, 15) is 15.4 Å². The summed E-state index contributed by atoms with van der Waals surface area (Å²) in [5.41, 5.74) is 1.25. The number of rotatable bonds is 6. The van der Waals surface area contributed by atoms with Crippen molar-refractivity contribution in [3.8, 4) is 17.5 Å². The van der Waals surface area contributed by atoms with Crippen LogP contribution in [0.4, 0.5) is 5.69 Å². The van der Waals surface area contributed by atoms with Crippen molar-refractivity contribution in [2.24, 2.45) is 0 Å². The van der Waals surface area contributed by atoms with Crippen LogP contribution in [0.5, 0.6) is 5.75 Å². The summed E-state index contributed by atoms with van der Waals surface area (Å²) in [5, 5.41) is 28.3. The van der Waals surface area contributed by atoms with Gasteiger partial charge >= 0.3 is 5.69 Å². The van der Waals surface area contributed by atoms with Crippen LogP contribution in [-0.4, -0.2) is 27.0 Å². The summed E-state index contributed by atoms with van der Waals surface area (Å²) >= 11 is 0. The monoisotopic (exact) mass is 315 g/mol. The molecule has 1 aromatic heterocycles. The zero-order valence-electron chi connectivity index (χ0n) is 13.2. The summed E-state index contributed by atoms with van der Waals surface area (Å²) in [5.74, 6) is 0.268. The highest BCUT2D eigenvalue weighted by Gasteiger charge is 2.23. The standard InChI is InChI=1S/C15H17N5O3/c1-4-10(5-2)15-12(9-16)17-18-19(15)11-6-7-14(23-3)13(8-11)20(21)22/h6-8,10H,4-5H2,1-3H3. The van der Waals surface area contributed by atoms with E-state index in [0.717, 1.165) is 12.8 Å². The second kappa shape index (κ2) is 6.87. The van der Waals surface area contributed by atoms with Crippen molar-refractivity contribution in [3.63, 3.8) is 0 Å². The van der Waals surface area contributed by atoms with E-state index in [4.69, 9.17) is 4.74 Å². The van der Waals surface area contributed by atoms with Gasteiger partial charge in [-0.25, -0.2) is 4.68 Å². The molecule has 2 rings (SSSR count). The van der Waals surface area contributed by atoms with Crippen LogP contribution in [-0.2, 0) is 0 Å². The lowest BCUT2D eigenvalue weighted by Gasteiger charge is -2.14. The molecule has 0 radical (unpaired) electrons. The van der Waals surface area contributed by atoms with Crippen molar-refractivity contribution in [2.45, 2.75) is 32.6 Å². The normalized spacial score (nSPS) is 10.6. The van der Waals surface area contributed by atoms with Crippen molar-refractivity contribution in [3.05, 3.63) is 39.7 Å². The Bertz CT molecular complexity index is 759. The smallest absolute Gasteiger partial charge is 0.313 e. The molecule has 0 unspecified atom stereocenters. The van der Waals surface area contributed by atoms with Crippen LogP contribution in [0.1, 0.15) is 44.0 Å². The van der Waals surface area contributed by atoms with Gasteiger partial charge in [-0.2, -0.15) is 5.26 Å². The van der Waals surface area contributed by atoms with Gasteiger partial charge in [0.25, 0.3) is 0 Å². The van der Waals surface area contributed by atoms with Crippen LogP contribution in [0, 0.1) is 21.4 Å². The molecule has 8 nitrogen and oxygen atoms in total. The number of aromatic nitrogens is 3. The van der Waals surface area contributed by atoms with Gasteiger partial charge in [0.2, 0.25) is 0 Å². The number of nitrogens with zero attached hydrogens (tertiary/aromatic N) is 5. The highest BCUT2D eigenvalue weighted by atomic mass is 16.6. The van der Waals surface area contributed by atoms with Crippen LogP contribution >= 0.6 is 0 Å². The van der Waals surface area contributed by atoms with Gasteiger partial charge in [-0.05, 0) is 25.0 Å². The van der Waals surface area contributed by atoms with E-state index in [1.54, 1.807) is 6.07 Å². The van der Waals surface area contributed by atoms with Gasteiger partial charge < -0.3 is 4.74 Å². The quantitative estimate of drug-likeness (QED) is 0.599. The van der Waals surface area contributed by atoms with Crippen LogP contribution < -0.4 is 4.74 Å². The van der Waals surface area contributed by atoms with Crippen molar-refractivity contribution in [1.82, 2.24) is 15.0 Å². The molecule has 120 valence electrons. The summed E-state index contributed by atoms with van der Waals surface area (Å²) in [6, 6.07) is 6.59. The number of benzene rings is 1. The SMILES string of the molecule is CCC(CC)c1c(C#N)nnn1-c1ccc(OC)c([N+](=O)[O-])c1. The van der Waals surface area contributed by atoms with Crippen molar-refractivity contribution in [2.75, 3.05) is 7.11 Å². The highest BCUT2D eigenvalue weighted by Crippen LogP contribution is 2.32. The molecule has 0 fully saturated rings. The minimum Gasteiger partial charge on any atom is -0.490 e. The van der Waals surface area contributed by atoms with Crippen molar-refractivity contribution >= 4 is 5.69 Å². The van der Waals surface area contributed by atoms with Gasteiger partial charge in [0.05, 0.1) is 23.4 Å². The van der Waals surface area contributed by atoms with E-state index in [2.05, 4.69) is 10.3 Å². The molecule has 0 amide bonds. The summed E-state index contributed by atoms with van der Waals surface area (Å²) in [6.45, 7) is 4.03. The molecule has 0 bridgehead atoms. The Morgan fingerprint density at radius 3 is 2.65 bits per heavy atom. The van der Waals surface area contributed by atoms with Gasteiger partial charge in [-0.3, -0.25) is 10.1 Å². The first-order valence-corrected chi connectivity index (χ1v) is 7.25. The summed E-state index contributed by atoms with van der Waals surface area (Å²) in [7, 11) is 1.38. The molecule has 0 saturated carbocycles. The average molecular weight is 315 g/mol. The van der Waals surface area contributed by atoms with Crippen LogP contribution in [0.25, 0.3) is 5.69 Å². The second-order valence-corrected chi connectivity index (χ2v) is 4.97. The summed E-state index contributed by atoms with van der Waals surface area (Å²) in [4.78, 5) is 10.7. The number of hydrogen-bond donors (Lipinski definition) is 0. The van der Waals surface area contributed by atoms with Crippen molar-refractivity contribution in [1.29, 1.82) is 5.26 Å². The fraction of sp³-hybridized carbons (Fsp3) is 0.400. The van der Waals surface area contributed by atoms with Crippen LogP contribution in [0.2, 0.25) is 0 Å². The molecular weight excluding hydrogens is 298 g/mol. The van der Waals surface area contributed by atoms with Gasteiger partial charge in [0, 0.05) is 12.0 Å². The van der Waals surface area contributed by atoms with Gasteiger partial charge in [-0.1, -0.05) is 19.1 Å². The fourth-order valence-corrected chi connectivity index (χ4v) is 2.55. The Morgan fingerprint density at radius 1 is 1.43 bits per heavy atom. The Hall–Kier alpha value is -2.95. The average Bonchev–Trinajstić information content (AvgIpc) is 2.99. The Balaban J connectivity index is 2.64. The Kier molecular flexibility index (Phi) is 4.91. The predicted molar refractivity (Wildman–Crippen MR) is 82.6 cm³/mol. The molecule has 8 heteroatoms. The van der Waals surface area contributed by atoms with Crippen molar-refractivity contribution < 1.29 is 9.66 Å². The maximum atomic E-state index is 11.2. The highest BCUT2D eigenvalue weighted by molar-refractivity contribution is 5.54. The first kappa shape index (κ1) is 16.4. The van der Waals surface area contributed by atoms with E-state index in [1.807, 2.05) is 19.9 Å². The molecule has 1 aromatic carbocycles. The van der Waals surface area contributed by atoms with Gasteiger partial charge in [0.1, 0.15) is 6.07 Å². The summed E-state index contributed by atoms with van der Waals surface area (Å²) in [6.07, 6.45) is 1.63. The molecular formula is C15H17N5O3. The third kappa shape index (κ3) is 2.99. The largest absolute Gasteiger partial charge is 0.490 e. The minimum absolute atomic E-state index is 0.0980. The van der Waals surface area contributed by atoms with Crippen LogP contribution in [0.15, 0.2) is 18.2 Å². The summed E-state index contributed by atoms with van der Waals surface area (Å²) < 4.78 is 6.51. The predicted octanol–water partition coefficient (Wildman–Crippen LogP) is 2.96. The second-order valence-electron chi connectivity index (χ2n) is 4.97. The molecule has 0 aliphatic carbocycles. The molecule has 0 atom stereocenters. The lowest BCUT2D eigenvalue weighted by molar-refractivity contribution is -0.385. The van der Waals surface area contributed by atoms with E-state index in [1.165, 1.54) is 23.9 Å². The number of hydrogen-bond acceptors (Lipinski definition) is 6. The fourth-order valence-electron chi connectivity index (χ4n) is 2.55. The molecule has 0 spiro atoms. The van der Waals surface area contributed by atoms with E-state index in [-0.39, 0.29) is 23.0 Å². The zero-order valence-corrected chi connectivity index (χ0v) is 13.2. The first-order valence-electron chi connectivity index (χ1n) is 7.25. The van der Waals surface area contributed by atoms with E-state index >= 15 is 0 Å². The lowest BCUT2D eigenvalue weighted by Crippen LogP contribution is -2.09. The number of methoxy groups -OCH3 is 1. The van der Waals surface area contributed by atoms with Crippen LogP contribution in [0.3, 0.4) is 0 Å². The lowest BCUT2D eigenvalue weighted by atomic mass is 9.97. The van der Waals surface area contributed by atoms with E-state index < -0.39 is 4.92 Å². The number of nitro benzene ring substituents is 1. The molecule has 0 saturated heterocycles. The molecule has 0 aliphatic heterocycles. The molecule has 0 N–H and O–H groups in total. The first-order chi connectivity index (χ1) is 11.1. The third-order valence-corrected chi connectivity index (χ3v) is 3.79. The van der Waals surface area contributed by atoms with Gasteiger partial charge in [0.15, 0.2) is 11.4 Å². The molecule has 1 heterocycles. The molecule has 23 heavy (non-hydrogen) atoms. The maximum absolute atomic E-state index is 11.2. The Morgan fingerprint density at radius 2 is 2.13 bits per heavy atom. The number of nitro groups is 1. The van der Waals surface area contributed by atoms with Gasteiger partial charge in [-0.15, -0.1) is 5.10 Å². The molecule has 0 aliphatic rings. The Labute approximate surface area is 133 Å². The maximum Gasteiger partial charge on any atom is 0.313 e. The number of nitriles is 1. The number of ether oxygens (including phenoxy) is 1. The van der Waals surface area contributed by atoms with E-state index in [0.29, 0.717) is 11.4 Å². The topological polar surface area (TPSA) is 107 Å². The minimum atomic E-state index is -0.513. The third-order valence-electron chi connectivity index (χ3n) is 3.79.